The van der Waals surface area contributed by atoms with Gasteiger partial charge in [0.05, 0.1) is 11.9 Å². The molecule has 1 nitrogen and oxygen atoms in total. The van der Waals surface area contributed by atoms with Gasteiger partial charge >= 0.3 is 0 Å². The highest BCUT2D eigenvalue weighted by atomic mass is 19.1. The Morgan fingerprint density at radius 3 is 2.67 bits per heavy atom. The van der Waals surface area contributed by atoms with Gasteiger partial charge in [0.25, 0.3) is 0 Å². The van der Waals surface area contributed by atoms with Crippen LogP contribution in [-0.2, 0) is 4.74 Å². The number of hydrogen-bond acceptors (Lipinski definition) is 1. The Morgan fingerprint density at radius 2 is 2.13 bits per heavy atom. The lowest BCUT2D eigenvalue weighted by Gasteiger charge is -2.21. The molecule has 0 aromatic heterocycles. The van der Waals surface area contributed by atoms with E-state index in [-0.39, 0.29) is 11.9 Å². The molecule has 0 saturated carbocycles. The Balaban J connectivity index is 2.55. The molecule has 1 aliphatic carbocycles. The molecule has 1 atom stereocenters. The van der Waals surface area contributed by atoms with Crippen LogP contribution in [-0.4, -0.2) is 6.10 Å². The summed E-state index contributed by atoms with van der Waals surface area (Å²) in [4.78, 5) is 0. The minimum atomic E-state index is -0.109. The SMILES string of the molecule is CCCC(CC)OC1=CC(F)=C(C)CC1. The summed E-state index contributed by atoms with van der Waals surface area (Å²) >= 11 is 0. The van der Waals surface area contributed by atoms with Crippen molar-refractivity contribution in [3.63, 3.8) is 0 Å². The molecule has 86 valence electrons. The molecule has 0 aromatic rings. The summed E-state index contributed by atoms with van der Waals surface area (Å²) in [6.45, 7) is 6.10. The van der Waals surface area contributed by atoms with Crippen molar-refractivity contribution in [3.8, 4) is 0 Å². The minimum absolute atomic E-state index is 0.109. The van der Waals surface area contributed by atoms with Crippen LogP contribution in [0.2, 0.25) is 0 Å². The fraction of sp³-hybridized carbons (Fsp3) is 0.692. The molecule has 0 amide bonds. The van der Waals surface area contributed by atoms with Gasteiger partial charge in [-0.25, -0.2) is 4.39 Å². The first-order chi connectivity index (χ1) is 7.17. The Kier molecular flexibility index (Phi) is 4.86. The molecule has 0 saturated heterocycles. The topological polar surface area (TPSA) is 9.23 Å². The lowest BCUT2D eigenvalue weighted by atomic mass is 10.0. The van der Waals surface area contributed by atoms with Gasteiger partial charge in [-0.1, -0.05) is 20.3 Å². The van der Waals surface area contributed by atoms with Crippen LogP contribution in [0.25, 0.3) is 0 Å². The van der Waals surface area contributed by atoms with Crippen LogP contribution in [0.1, 0.15) is 52.9 Å². The van der Waals surface area contributed by atoms with Crippen molar-refractivity contribution in [1.82, 2.24) is 0 Å². The molecule has 2 heteroatoms. The van der Waals surface area contributed by atoms with E-state index in [0.29, 0.717) is 0 Å². The maximum atomic E-state index is 13.3. The van der Waals surface area contributed by atoms with E-state index in [1.165, 1.54) is 0 Å². The van der Waals surface area contributed by atoms with Crippen molar-refractivity contribution in [3.05, 3.63) is 23.2 Å². The van der Waals surface area contributed by atoms with Gasteiger partial charge in [0.1, 0.15) is 5.83 Å². The number of ether oxygens (including phenoxy) is 1. The van der Waals surface area contributed by atoms with Crippen LogP contribution in [0.4, 0.5) is 4.39 Å². The lowest BCUT2D eigenvalue weighted by molar-refractivity contribution is 0.0963. The van der Waals surface area contributed by atoms with E-state index in [1.807, 2.05) is 6.92 Å². The van der Waals surface area contributed by atoms with Gasteiger partial charge in [0.15, 0.2) is 0 Å². The maximum Gasteiger partial charge on any atom is 0.125 e. The van der Waals surface area contributed by atoms with Crippen molar-refractivity contribution in [1.29, 1.82) is 0 Å². The average molecular weight is 212 g/mol. The molecule has 0 N–H and O–H groups in total. The standard InChI is InChI=1S/C13H21FO/c1-4-6-11(5-2)15-12-8-7-10(3)13(14)9-12/h9,11H,4-8H2,1-3H3. The van der Waals surface area contributed by atoms with Crippen LogP contribution < -0.4 is 0 Å². The molecule has 0 heterocycles. The predicted molar refractivity (Wildman–Crippen MR) is 61.2 cm³/mol. The Morgan fingerprint density at radius 1 is 1.40 bits per heavy atom. The summed E-state index contributed by atoms with van der Waals surface area (Å²) in [6.07, 6.45) is 6.61. The minimum Gasteiger partial charge on any atom is -0.495 e. The smallest absolute Gasteiger partial charge is 0.125 e. The first-order valence-corrected chi connectivity index (χ1v) is 5.89. The van der Waals surface area contributed by atoms with Crippen molar-refractivity contribution < 1.29 is 9.13 Å². The number of hydrogen-bond donors (Lipinski definition) is 0. The van der Waals surface area contributed by atoms with Gasteiger partial charge in [0.2, 0.25) is 0 Å². The van der Waals surface area contributed by atoms with E-state index in [1.54, 1.807) is 6.08 Å². The van der Waals surface area contributed by atoms with Crippen LogP contribution in [0.5, 0.6) is 0 Å². The van der Waals surface area contributed by atoms with Crippen molar-refractivity contribution >= 4 is 0 Å². The zero-order chi connectivity index (χ0) is 11.3. The van der Waals surface area contributed by atoms with E-state index in [9.17, 15) is 4.39 Å². The molecular weight excluding hydrogens is 191 g/mol. The fourth-order valence-electron chi connectivity index (χ4n) is 1.74. The van der Waals surface area contributed by atoms with Crippen LogP contribution in [0.3, 0.4) is 0 Å². The van der Waals surface area contributed by atoms with Crippen molar-refractivity contribution in [2.45, 2.75) is 59.0 Å². The summed E-state index contributed by atoms with van der Waals surface area (Å²) in [7, 11) is 0. The summed E-state index contributed by atoms with van der Waals surface area (Å²) in [5.41, 5.74) is 0.839. The highest BCUT2D eigenvalue weighted by Gasteiger charge is 2.14. The van der Waals surface area contributed by atoms with E-state index in [0.717, 1.165) is 43.4 Å². The molecule has 1 aliphatic rings. The molecule has 0 fully saturated rings. The number of halogens is 1. The lowest BCUT2D eigenvalue weighted by Crippen LogP contribution is -2.12. The number of rotatable bonds is 5. The average Bonchev–Trinajstić information content (AvgIpc) is 2.23. The number of allylic oxidation sites excluding steroid dienone is 4. The van der Waals surface area contributed by atoms with Crippen LogP contribution in [0.15, 0.2) is 23.2 Å². The molecule has 1 unspecified atom stereocenters. The zero-order valence-corrected chi connectivity index (χ0v) is 9.98. The highest BCUT2D eigenvalue weighted by Crippen LogP contribution is 2.26. The zero-order valence-electron chi connectivity index (χ0n) is 9.98. The van der Waals surface area contributed by atoms with E-state index in [4.69, 9.17) is 4.74 Å². The van der Waals surface area contributed by atoms with E-state index < -0.39 is 0 Å². The largest absolute Gasteiger partial charge is 0.495 e. The predicted octanol–water partition coefficient (Wildman–Crippen LogP) is 4.50. The third-order valence-electron chi connectivity index (χ3n) is 2.83. The molecule has 0 radical (unpaired) electrons. The van der Waals surface area contributed by atoms with Gasteiger partial charge in [-0.3, -0.25) is 0 Å². The summed E-state index contributed by atoms with van der Waals surface area (Å²) in [5.74, 6) is 0.709. The van der Waals surface area contributed by atoms with Gasteiger partial charge < -0.3 is 4.74 Å². The molecule has 1 rings (SSSR count). The molecule has 0 aromatic carbocycles. The summed E-state index contributed by atoms with van der Waals surface area (Å²) < 4.78 is 19.1. The van der Waals surface area contributed by atoms with Crippen LogP contribution >= 0.6 is 0 Å². The molecule has 0 spiro atoms. The first kappa shape index (κ1) is 12.3. The quantitative estimate of drug-likeness (QED) is 0.651. The third-order valence-corrected chi connectivity index (χ3v) is 2.83. The highest BCUT2D eigenvalue weighted by molar-refractivity contribution is 5.25. The Hall–Kier alpha value is -0.790. The van der Waals surface area contributed by atoms with Gasteiger partial charge in [-0.15, -0.1) is 0 Å². The van der Waals surface area contributed by atoms with Crippen molar-refractivity contribution in [2.75, 3.05) is 0 Å². The normalized spacial score (nSPS) is 18.8. The molecule has 15 heavy (non-hydrogen) atoms. The summed E-state index contributed by atoms with van der Waals surface area (Å²) in [5, 5.41) is 0. The van der Waals surface area contributed by atoms with Crippen molar-refractivity contribution in [2.24, 2.45) is 0 Å². The Bertz CT molecular complexity index is 266. The third kappa shape index (κ3) is 3.69. The van der Waals surface area contributed by atoms with E-state index in [2.05, 4.69) is 13.8 Å². The second-order valence-corrected chi connectivity index (χ2v) is 4.18. The van der Waals surface area contributed by atoms with Gasteiger partial charge in [-0.2, -0.15) is 0 Å². The Labute approximate surface area is 92.0 Å². The first-order valence-electron chi connectivity index (χ1n) is 5.89. The second-order valence-electron chi connectivity index (χ2n) is 4.18. The molecular formula is C13H21FO. The monoisotopic (exact) mass is 212 g/mol. The second kappa shape index (κ2) is 5.94. The van der Waals surface area contributed by atoms with Crippen LogP contribution in [0, 0.1) is 0 Å². The maximum absolute atomic E-state index is 13.3. The molecule has 0 aliphatic heterocycles. The summed E-state index contributed by atoms with van der Waals surface area (Å²) in [6, 6.07) is 0. The van der Waals surface area contributed by atoms with E-state index >= 15 is 0 Å². The molecule has 0 bridgehead atoms. The fourth-order valence-corrected chi connectivity index (χ4v) is 1.74. The van der Waals surface area contributed by atoms with Gasteiger partial charge in [0, 0.05) is 12.5 Å². The van der Waals surface area contributed by atoms with Gasteiger partial charge in [-0.05, 0) is 31.8 Å².